The van der Waals surface area contributed by atoms with Gasteiger partial charge >= 0.3 is 0 Å². The second-order valence-electron chi connectivity index (χ2n) is 8.21. The fourth-order valence-corrected chi connectivity index (χ4v) is 3.82. The monoisotopic (exact) mass is 456 g/mol. The second kappa shape index (κ2) is 10.3. The minimum Gasteiger partial charge on any atom is -0.494 e. The molecular formula is C28H28N2O4. The average molecular weight is 457 g/mol. The highest BCUT2D eigenvalue weighted by atomic mass is 16.5. The van der Waals surface area contributed by atoms with Crippen molar-refractivity contribution in [1.82, 2.24) is 4.90 Å². The average Bonchev–Trinajstić information content (AvgIpc) is 3.05. The van der Waals surface area contributed by atoms with Gasteiger partial charge < -0.3 is 14.8 Å². The fraction of sp³-hybridized carbons (Fsp3) is 0.214. The van der Waals surface area contributed by atoms with Gasteiger partial charge in [-0.2, -0.15) is 0 Å². The number of ether oxygens (including phenoxy) is 2. The van der Waals surface area contributed by atoms with Crippen LogP contribution >= 0.6 is 0 Å². The lowest BCUT2D eigenvalue weighted by Crippen LogP contribution is -2.31. The van der Waals surface area contributed by atoms with Crippen LogP contribution in [0.5, 0.6) is 11.5 Å². The summed E-state index contributed by atoms with van der Waals surface area (Å²) in [6, 6.07) is 24.1. The lowest BCUT2D eigenvalue weighted by molar-refractivity contribution is -0.137. The highest BCUT2D eigenvalue weighted by Crippen LogP contribution is 2.33. The van der Waals surface area contributed by atoms with Crippen LogP contribution in [0.25, 0.3) is 5.57 Å². The fourth-order valence-electron chi connectivity index (χ4n) is 3.82. The largest absolute Gasteiger partial charge is 0.494 e. The van der Waals surface area contributed by atoms with Crippen LogP contribution < -0.4 is 14.8 Å². The molecule has 0 saturated heterocycles. The Labute approximate surface area is 199 Å². The van der Waals surface area contributed by atoms with E-state index in [-0.39, 0.29) is 30.2 Å². The lowest BCUT2D eigenvalue weighted by Gasteiger charge is -2.15. The van der Waals surface area contributed by atoms with Gasteiger partial charge in [-0.15, -0.1) is 0 Å². The third-order valence-electron chi connectivity index (χ3n) is 5.28. The first-order chi connectivity index (χ1) is 16.5. The molecule has 0 aliphatic carbocycles. The predicted octanol–water partition coefficient (Wildman–Crippen LogP) is 5.26. The molecule has 1 N–H and O–H groups in total. The molecule has 0 saturated carbocycles. The van der Waals surface area contributed by atoms with E-state index < -0.39 is 0 Å². The Hall–Kier alpha value is -4.06. The summed E-state index contributed by atoms with van der Waals surface area (Å²) in [5, 5.41) is 3.19. The molecule has 0 aromatic heterocycles. The highest BCUT2D eigenvalue weighted by Gasteiger charge is 2.39. The molecule has 0 atom stereocenters. The molecule has 0 radical (unpaired) electrons. The minimum atomic E-state index is -0.367. The Balaban J connectivity index is 1.71. The molecule has 0 fully saturated rings. The number of nitrogens with zero attached hydrogens (tertiary/aromatic N) is 1. The number of carbonyl (C=O) groups excluding carboxylic acids is 2. The van der Waals surface area contributed by atoms with Crippen LogP contribution in [-0.2, 0) is 16.1 Å². The van der Waals surface area contributed by atoms with E-state index in [1.165, 1.54) is 4.90 Å². The normalized spacial score (nSPS) is 13.6. The van der Waals surface area contributed by atoms with Crippen LogP contribution in [-0.4, -0.2) is 29.4 Å². The molecular weight excluding hydrogens is 428 g/mol. The number of imide groups is 1. The van der Waals surface area contributed by atoms with E-state index in [1.807, 2.05) is 99.6 Å². The zero-order chi connectivity index (χ0) is 24.1. The van der Waals surface area contributed by atoms with Gasteiger partial charge in [0.05, 0.1) is 24.8 Å². The van der Waals surface area contributed by atoms with Gasteiger partial charge in [0.2, 0.25) is 0 Å². The maximum Gasteiger partial charge on any atom is 0.278 e. The third-order valence-corrected chi connectivity index (χ3v) is 5.28. The van der Waals surface area contributed by atoms with Crippen molar-refractivity contribution >= 4 is 23.1 Å². The molecule has 2 amide bonds. The summed E-state index contributed by atoms with van der Waals surface area (Å²) >= 11 is 0. The first-order valence-corrected chi connectivity index (χ1v) is 11.4. The van der Waals surface area contributed by atoms with Gasteiger partial charge in [-0.1, -0.05) is 48.5 Å². The molecule has 1 aliphatic rings. The molecule has 6 heteroatoms. The van der Waals surface area contributed by atoms with Gasteiger partial charge in [0.15, 0.2) is 0 Å². The summed E-state index contributed by atoms with van der Waals surface area (Å²) in [6.45, 7) is 6.55. The molecule has 3 aromatic carbocycles. The molecule has 4 rings (SSSR count). The van der Waals surface area contributed by atoms with Gasteiger partial charge in [0, 0.05) is 11.8 Å². The van der Waals surface area contributed by atoms with Gasteiger partial charge in [0.25, 0.3) is 11.8 Å². The molecule has 6 nitrogen and oxygen atoms in total. The summed E-state index contributed by atoms with van der Waals surface area (Å²) in [6.07, 6.45) is 0.0379. The maximum atomic E-state index is 13.5. The quantitative estimate of drug-likeness (QED) is 0.445. The van der Waals surface area contributed by atoms with Crippen LogP contribution in [0.15, 0.2) is 84.6 Å². The van der Waals surface area contributed by atoms with Crippen LogP contribution in [0.2, 0.25) is 0 Å². The number of rotatable bonds is 9. The van der Waals surface area contributed by atoms with Crippen molar-refractivity contribution in [2.75, 3.05) is 11.9 Å². The third kappa shape index (κ3) is 5.12. The number of carbonyl (C=O) groups is 2. The summed E-state index contributed by atoms with van der Waals surface area (Å²) in [5.74, 6) is 0.682. The highest BCUT2D eigenvalue weighted by molar-refractivity contribution is 6.36. The van der Waals surface area contributed by atoms with Crippen LogP contribution in [0.3, 0.4) is 0 Å². The van der Waals surface area contributed by atoms with Crippen molar-refractivity contribution < 1.29 is 19.1 Å². The van der Waals surface area contributed by atoms with E-state index in [0.717, 1.165) is 5.56 Å². The Morgan fingerprint density at radius 1 is 0.853 bits per heavy atom. The van der Waals surface area contributed by atoms with Gasteiger partial charge in [0.1, 0.15) is 17.2 Å². The number of amides is 2. The Kier molecular flexibility index (Phi) is 6.97. The molecule has 3 aromatic rings. The smallest absolute Gasteiger partial charge is 0.278 e. The molecule has 0 spiro atoms. The molecule has 1 heterocycles. The molecule has 0 bridgehead atoms. The second-order valence-corrected chi connectivity index (χ2v) is 8.21. The summed E-state index contributed by atoms with van der Waals surface area (Å²) in [4.78, 5) is 28.2. The zero-order valence-electron chi connectivity index (χ0n) is 19.6. The maximum absolute atomic E-state index is 13.5. The Bertz CT molecular complexity index is 1200. The first-order valence-electron chi connectivity index (χ1n) is 11.4. The Morgan fingerprint density at radius 2 is 1.59 bits per heavy atom. The standard InChI is InChI=1S/C28H28N2O4/c1-4-33-24-12-8-11-22(17-24)29-26-25(21-13-15-23(16-14-21)34-19(2)3)27(31)30(28(26)32)18-20-9-6-5-7-10-20/h5-17,19,29H,4,18H2,1-3H3. The predicted molar refractivity (Wildman–Crippen MR) is 132 cm³/mol. The first kappa shape index (κ1) is 23.1. The summed E-state index contributed by atoms with van der Waals surface area (Å²) in [5.41, 5.74) is 2.77. The summed E-state index contributed by atoms with van der Waals surface area (Å²) < 4.78 is 11.3. The molecule has 174 valence electrons. The van der Waals surface area contributed by atoms with E-state index in [2.05, 4.69) is 5.32 Å². The van der Waals surface area contributed by atoms with Crippen molar-refractivity contribution in [2.24, 2.45) is 0 Å². The van der Waals surface area contributed by atoms with Crippen molar-refractivity contribution in [1.29, 1.82) is 0 Å². The van der Waals surface area contributed by atoms with Crippen LogP contribution in [0.4, 0.5) is 5.69 Å². The zero-order valence-corrected chi connectivity index (χ0v) is 19.6. The topological polar surface area (TPSA) is 67.9 Å². The van der Waals surface area contributed by atoms with E-state index in [0.29, 0.717) is 34.9 Å². The number of nitrogens with one attached hydrogen (secondary N) is 1. The van der Waals surface area contributed by atoms with Gasteiger partial charge in [-0.3, -0.25) is 14.5 Å². The van der Waals surface area contributed by atoms with Gasteiger partial charge in [-0.25, -0.2) is 0 Å². The molecule has 0 unspecified atom stereocenters. The number of anilines is 1. The van der Waals surface area contributed by atoms with E-state index in [4.69, 9.17) is 9.47 Å². The van der Waals surface area contributed by atoms with Crippen molar-refractivity contribution in [2.45, 2.75) is 33.4 Å². The minimum absolute atomic E-state index is 0.0379. The summed E-state index contributed by atoms with van der Waals surface area (Å²) in [7, 11) is 0. The number of hydrogen-bond donors (Lipinski definition) is 1. The molecule has 1 aliphatic heterocycles. The van der Waals surface area contributed by atoms with Crippen LogP contribution in [0, 0.1) is 0 Å². The number of benzene rings is 3. The van der Waals surface area contributed by atoms with Crippen LogP contribution in [0.1, 0.15) is 31.9 Å². The SMILES string of the molecule is CCOc1cccc(NC2=C(c3ccc(OC(C)C)cc3)C(=O)N(Cc3ccccc3)C2=O)c1. The van der Waals surface area contributed by atoms with E-state index >= 15 is 0 Å². The number of hydrogen-bond acceptors (Lipinski definition) is 5. The van der Waals surface area contributed by atoms with Crippen molar-refractivity contribution in [3.05, 3.63) is 95.7 Å². The lowest BCUT2D eigenvalue weighted by atomic mass is 10.0. The molecule has 34 heavy (non-hydrogen) atoms. The van der Waals surface area contributed by atoms with E-state index in [1.54, 1.807) is 0 Å². The van der Waals surface area contributed by atoms with E-state index in [9.17, 15) is 9.59 Å². The Morgan fingerprint density at radius 3 is 2.26 bits per heavy atom. The van der Waals surface area contributed by atoms with Crippen molar-refractivity contribution in [3.8, 4) is 11.5 Å². The van der Waals surface area contributed by atoms with Gasteiger partial charge in [-0.05, 0) is 56.2 Å². The van der Waals surface area contributed by atoms with Crippen molar-refractivity contribution in [3.63, 3.8) is 0 Å².